The molecule has 0 spiro atoms. The maximum absolute atomic E-state index is 5.21. The molecule has 96 valence electrons. The molecule has 1 unspecified atom stereocenters. The van der Waals surface area contributed by atoms with Gasteiger partial charge in [-0.05, 0) is 25.6 Å². The van der Waals surface area contributed by atoms with Crippen molar-refractivity contribution in [3.05, 3.63) is 41.5 Å². The van der Waals surface area contributed by atoms with Crippen LogP contribution in [-0.2, 0) is 7.05 Å². The second-order valence-electron chi connectivity index (χ2n) is 4.22. The van der Waals surface area contributed by atoms with Gasteiger partial charge in [-0.3, -0.25) is 9.67 Å². The van der Waals surface area contributed by atoms with Gasteiger partial charge in [0.15, 0.2) is 0 Å². The highest BCUT2D eigenvalue weighted by molar-refractivity contribution is 5.34. The second kappa shape index (κ2) is 5.18. The van der Waals surface area contributed by atoms with Crippen LogP contribution in [0.2, 0.25) is 0 Å². The van der Waals surface area contributed by atoms with Gasteiger partial charge >= 0.3 is 0 Å². The first-order valence-electron chi connectivity index (χ1n) is 5.82. The standard InChI is InChI=1S/C13H18N4O/c1-9-12(8-17(3)16-9)13(14-2)10-5-11(18-4)7-15-6-10/h5-8,13-14H,1-4H3. The molecule has 2 heterocycles. The Balaban J connectivity index is 2.41. The van der Waals surface area contributed by atoms with E-state index in [1.165, 1.54) is 0 Å². The van der Waals surface area contributed by atoms with Crippen LogP contribution < -0.4 is 10.1 Å². The maximum atomic E-state index is 5.21. The summed E-state index contributed by atoms with van der Waals surface area (Å²) in [7, 11) is 5.49. The van der Waals surface area contributed by atoms with E-state index in [0.29, 0.717) is 0 Å². The minimum atomic E-state index is 0.0706. The fraction of sp³-hybridized carbons (Fsp3) is 0.385. The van der Waals surface area contributed by atoms with Gasteiger partial charge in [-0.15, -0.1) is 0 Å². The highest BCUT2D eigenvalue weighted by Gasteiger charge is 2.17. The summed E-state index contributed by atoms with van der Waals surface area (Å²) >= 11 is 0. The van der Waals surface area contributed by atoms with Crippen LogP contribution in [0.5, 0.6) is 5.75 Å². The Hall–Kier alpha value is -1.88. The fourth-order valence-electron chi connectivity index (χ4n) is 2.11. The molecular weight excluding hydrogens is 228 g/mol. The minimum Gasteiger partial charge on any atom is -0.495 e. The number of nitrogens with one attached hydrogen (secondary N) is 1. The van der Waals surface area contributed by atoms with Crippen LogP contribution in [0.15, 0.2) is 24.7 Å². The van der Waals surface area contributed by atoms with Gasteiger partial charge in [-0.25, -0.2) is 0 Å². The van der Waals surface area contributed by atoms with E-state index in [2.05, 4.69) is 15.4 Å². The van der Waals surface area contributed by atoms with Crippen LogP contribution in [0.4, 0.5) is 0 Å². The Kier molecular flexibility index (Phi) is 3.62. The number of nitrogens with zero attached hydrogens (tertiary/aromatic N) is 3. The molecule has 1 atom stereocenters. The van der Waals surface area contributed by atoms with E-state index in [0.717, 1.165) is 22.6 Å². The number of hydrogen-bond acceptors (Lipinski definition) is 4. The monoisotopic (exact) mass is 246 g/mol. The predicted octanol–water partition coefficient (Wildman–Crippen LogP) is 1.44. The SMILES string of the molecule is CNC(c1cncc(OC)c1)c1cn(C)nc1C. The third-order valence-electron chi connectivity index (χ3n) is 2.95. The number of methoxy groups -OCH3 is 1. The molecule has 0 fully saturated rings. The molecule has 18 heavy (non-hydrogen) atoms. The van der Waals surface area contributed by atoms with Crippen molar-refractivity contribution in [3.63, 3.8) is 0 Å². The third-order valence-corrected chi connectivity index (χ3v) is 2.95. The van der Waals surface area contributed by atoms with Crippen molar-refractivity contribution in [1.82, 2.24) is 20.1 Å². The molecule has 0 aliphatic heterocycles. The molecular formula is C13H18N4O. The van der Waals surface area contributed by atoms with Gasteiger partial charge in [0.25, 0.3) is 0 Å². The summed E-state index contributed by atoms with van der Waals surface area (Å²) in [6, 6.07) is 2.06. The Morgan fingerprint density at radius 1 is 1.39 bits per heavy atom. The van der Waals surface area contributed by atoms with Crippen molar-refractivity contribution < 1.29 is 4.74 Å². The van der Waals surface area contributed by atoms with Gasteiger partial charge in [-0.1, -0.05) is 0 Å². The van der Waals surface area contributed by atoms with Crippen LogP contribution in [0.25, 0.3) is 0 Å². The highest BCUT2D eigenvalue weighted by atomic mass is 16.5. The maximum Gasteiger partial charge on any atom is 0.137 e. The van der Waals surface area contributed by atoms with Crippen molar-refractivity contribution in [2.24, 2.45) is 7.05 Å². The van der Waals surface area contributed by atoms with E-state index < -0.39 is 0 Å². The Labute approximate surface area is 107 Å². The molecule has 5 heteroatoms. The molecule has 0 aliphatic rings. The lowest BCUT2D eigenvalue weighted by Crippen LogP contribution is -2.18. The van der Waals surface area contributed by atoms with Crippen molar-refractivity contribution in [3.8, 4) is 5.75 Å². The number of aryl methyl sites for hydroxylation is 2. The van der Waals surface area contributed by atoms with Gasteiger partial charge in [0, 0.05) is 25.0 Å². The molecule has 0 amide bonds. The molecule has 2 aromatic rings. The quantitative estimate of drug-likeness (QED) is 0.887. The Bertz CT molecular complexity index is 536. The molecule has 0 bridgehead atoms. The number of rotatable bonds is 4. The summed E-state index contributed by atoms with van der Waals surface area (Å²) in [5.41, 5.74) is 3.22. The third kappa shape index (κ3) is 2.36. The summed E-state index contributed by atoms with van der Waals surface area (Å²) in [5.74, 6) is 0.759. The van der Waals surface area contributed by atoms with Crippen LogP contribution in [0.1, 0.15) is 22.9 Å². The zero-order valence-corrected chi connectivity index (χ0v) is 11.1. The molecule has 0 aliphatic carbocycles. The predicted molar refractivity (Wildman–Crippen MR) is 69.6 cm³/mol. The summed E-state index contributed by atoms with van der Waals surface area (Å²) in [6.45, 7) is 2.01. The van der Waals surface area contributed by atoms with Gasteiger partial charge in [0.05, 0.1) is 25.0 Å². The first kappa shape index (κ1) is 12.6. The minimum absolute atomic E-state index is 0.0706. The normalized spacial score (nSPS) is 12.4. The van der Waals surface area contributed by atoms with Crippen molar-refractivity contribution >= 4 is 0 Å². The Morgan fingerprint density at radius 3 is 2.72 bits per heavy atom. The molecule has 2 aromatic heterocycles. The lowest BCUT2D eigenvalue weighted by molar-refractivity contribution is 0.411. The second-order valence-corrected chi connectivity index (χ2v) is 4.22. The fourth-order valence-corrected chi connectivity index (χ4v) is 2.11. The first-order chi connectivity index (χ1) is 8.65. The molecule has 0 saturated carbocycles. The van der Waals surface area contributed by atoms with Crippen molar-refractivity contribution in [2.45, 2.75) is 13.0 Å². The zero-order chi connectivity index (χ0) is 13.1. The number of pyridine rings is 1. The van der Waals surface area contributed by atoms with Crippen LogP contribution in [0.3, 0.4) is 0 Å². The number of aromatic nitrogens is 3. The summed E-state index contributed by atoms with van der Waals surface area (Å²) < 4.78 is 7.03. The largest absolute Gasteiger partial charge is 0.495 e. The Morgan fingerprint density at radius 2 is 2.17 bits per heavy atom. The van der Waals surface area contributed by atoms with Gasteiger partial charge in [0.1, 0.15) is 5.75 Å². The average Bonchev–Trinajstić information content (AvgIpc) is 2.70. The van der Waals surface area contributed by atoms with E-state index in [-0.39, 0.29) is 6.04 Å². The molecule has 5 nitrogen and oxygen atoms in total. The van der Waals surface area contributed by atoms with Crippen molar-refractivity contribution in [2.75, 3.05) is 14.2 Å². The van der Waals surface area contributed by atoms with Crippen LogP contribution in [-0.4, -0.2) is 28.9 Å². The first-order valence-corrected chi connectivity index (χ1v) is 5.82. The van der Waals surface area contributed by atoms with Crippen molar-refractivity contribution in [1.29, 1.82) is 0 Å². The number of ether oxygens (including phenoxy) is 1. The lowest BCUT2D eigenvalue weighted by atomic mass is 10.0. The molecule has 0 radical (unpaired) electrons. The highest BCUT2D eigenvalue weighted by Crippen LogP contribution is 2.25. The van der Waals surface area contributed by atoms with E-state index in [1.807, 2.05) is 44.2 Å². The lowest BCUT2D eigenvalue weighted by Gasteiger charge is -2.16. The topological polar surface area (TPSA) is 52.0 Å². The van der Waals surface area contributed by atoms with E-state index in [1.54, 1.807) is 13.3 Å². The smallest absolute Gasteiger partial charge is 0.137 e. The molecule has 0 aromatic carbocycles. The molecule has 1 N–H and O–H groups in total. The summed E-state index contributed by atoms with van der Waals surface area (Å²) in [5, 5.41) is 7.66. The van der Waals surface area contributed by atoms with Gasteiger partial charge in [-0.2, -0.15) is 5.10 Å². The van der Waals surface area contributed by atoms with E-state index in [9.17, 15) is 0 Å². The summed E-state index contributed by atoms with van der Waals surface area (Å²) in [6.07, 6.45) is 5.57. The molecule has 2 rings (SSSR count). The van der Waals surface area contributed by atoms with Gasteiger partial charge in [0.2, 0.25) is 0 Å². The van der Waals surface area contributed by atoms with Crippen LogP contribution in [0, 0.1) is 6.92 Å². The van der Waals surface area contributed by atoms with E-state index in [4.69, 9.17) is 4.74 Å². The summed E-state index contributed by atoms with van der Waals surface area (Å²) in [4.78, 5) is 4.19. The zero-order valence-electron chi connectivity index (χ0n) is 11.1. The van der Waals surface area contributed by atoms with Gasteiger partial charge < -0.3 is 10.1 Å². The average molecular weight is 246 g/mol. The van der Waals surface area contributed by atoms with E-state index >= 15 is 0 Å². The molecule has 0 saturated heterocycles. The number of hydrogen-bond donors (Lipinski definition) is 1. The van der Waals surface area contributed by atoms with Crippen LogP contribution >= 0.6 is 0 Å².